The van der Waals surface area contributed by atoms with Gasteiger partial charge in [0.25, 0.3) is 5.91 Å². The van der Waals surface area contributed by atoms with Gasteiger partial charge in [0.15, 0.2) is 0 Å². The minimum atomic E-state index is -1.05. The first-order valence-corrected chi connectivity index (χ1v) is 6.76. The number of aromatic hydroxyl groups is 1. The normalized spacial score (nSPS) is 14.2. The van der Waals surface area contributed by atoms with Crippen LogP contribution in [0.25, 0.3) is 0 Å². The Morgan fingerprint density at radius 2 is 2.05 bits per heavy atom. The van der Waals surface area contributed by atoms with Crippen LogP contribution in [0.1, 0.15) is 23.2 Å². The van der Waals surface area contributed by atoms with E-state index in [0.29, 0.717) is 16.9 Å². The second kappa shape index (κ2) is 5.61. The average molecular weight is 328 g/mol. The molecule has 1 amide bonds. The average Bonchev–Trinajstić information content (AvgIpc) is 3.10. The number of carboxylic acids is 1. The molecule has 0 aromatic heterocycles. The van der Waals surface area contributed by atoms with Crippen molar-refractivity contribution in [3.63, 3.8) is 0 Å². The fourth-order valence-corrected chi connectivity index (χ4v) is 2.20. The maximum absolute atomic E-state index is 12.3. The number of aliphatic carboxylic acids is 1. The van der Waals surface area contributed by atoms with Gasteiger partial charge in [0.1, 0.15) is 12.3 Å². The van der Waals surface area contributed by atoms with E-state index < -0.39 is 11.9 Å². The zero-order chi connectivity index (χ0) is 14.0. The highest BCUT2D eigenvalue weighted by molar-refractivity contribution is 9.10. The Labute approximate surface area is 119 Å². The summed E-state index contributed by atoms with van der Waals surface area (Å²) in [5, 5.41) is 18.6. The molecule has 2 rings (SSSR count). The molecule has 19 heavy (non-hydrogen) atoms. The van der Waals surface area contributed by atoms with Crippen molar-refractivity contribution in [3.05, 3.63) is 28.2 Å². The van der Waals surface area contributed by atoms with Gasteiger partial charge in [-0.2, -0.15) is 0 Å². The van der Waals surface area contributed by atoms with E-state index in [1.807, 2.05) is 0 Å². The zero-order valence-electron chi connectivity index (χ0n) is 10.2. The lowest BCUT2D eigenvalue weighted by molar-refractivity contribution is -0.137. The lowest BCUT2D eigenvalue weighted by Gasteiger charge is -2.21. The Morgan fingerprint density at radius 3 is 2.58 bits per heavy atom. The van der Waals surface area contributed by atoms with Gasteiger partial charge in [-0.25, -0.2) is 0 Å². The first kappa shape index (κ1) is 13.9. The Kier molecular flexibility index (Phi) is 4.09. The van der Waals surface area contributed by atoms with Crippen LogP contribution < -0.4 is 0 Å². The molecular weight excluding hydrogens is 314 g/mol. The maximum atomic E-state index is 12.3. The number of carboxylic acid groups (broad SMARTS) is 1. The first-order chi connectivity index (χ1) is 8.97. The molecule has 6 heteroatoms. The number of benzene rings is 1. The van der Waals surface area contributed by atoms with E-state index in [4.69, 9.17) is 5.11 Å². The van der Waals surface area contributed by atoms with Gasteiger partial charge >= 0.3 is 5.97 Å². The summed E-state index contributed by atoms with van der Waals surface area (Å²) in [6, 6.07) is 4.55. The molecule has 5 nitrogen and oxygen atoms in total. The molecule has 0 bridgehead atoms. The lowest BCUT2D eigenvalue weighted by atomic mass is 10.1. The molecule has 0 atom stereocenters. The third kappa shape index (κ3) is 3.70. The van der Waals surface area contributed by atoms with E-state index in [-0.39, 0.29) is 17.9 Å². The van der Waals surface area contributed by atoms with Crippen LogP contribution in [-0.4, -0.2) is 40.1 Å². The summed E-state index contributed by atoms with van der Waals surface area (Å²) in [6.45, 7) is 0.0888. The summed E-state index contributed by atoms with van der Waals surface area (Å²) < 4.78 is 0.661. The third-order valence-corrected chi connectivity index (χ3v) is 3.47. The van der Waals surface area contributed by atoms with E-state index in [1.165, 1.54) is 17.0 Å². The van der Waals surface area contributed by atoms with Crippen molar-refractivity contribution in [2.45, 2.75) is 12.8 Å². The molecule has 102 valence electrons. The van der Waals surface area contributed by atoms with Crippen molar-refractivity contribution in [1.82, 2.24) is 4.90 Å². The Bertz CT molecular complexity index is 513. The second-order valence-corrected chi connectivity index (χ2v) is 5.60. The fourth-order valence-electron chi connectivity index (χ4n) is 1.85. The number of hydrogen-bond donors (Lipinski definition) is 2. The van der Waals surface area contributed by atoms with Gasteiger partial charge in [-0.05, 0) is 37.0 Å². The summed E-state index contributed by atoms with van der Waals surface area (Å²) in [7, 11) is 0. The van der Waals surface area contributed by atoms with Crippen LogP contribution in [0.15, 0.2) is 22.7 Å². The van der Waals surface area contributed by atoms with Crippen molar-refractivity contribution < 1.29 is 19.8 Å². The van der Waals surface area contributed by atoms with Crippen molar-refractivity contribution in [2.24, 2.45) is 5.92 Å². The van der Waals surface area contributed by atoms with E-state index in [2.05, 4.69) is 15.9 Å². The van der Waals surface area contributed by atoms with Gasteiger partial charge in [0, 0.05) is 11.0 Å². The van der Waals surface area contributed by atoms with Gasteiger partial charge in [0.2, 0.25) is 0 Å². The monoisotopic (exact) mass is 327 g/mol. The van der Waals surface area contributed by atoms with Crippen molar-refractivity contribution in [3.8, 4) is 5.75 Å². The van der Waals surface area contributed by atoms with Crippen LogP contribution in [-0.2, 0) is 4.79 Å². The smallest absolute Gasteiger partial charge is 0.323 e. The van der Waals surface area contributed by atoms with E-state index in [0.717, 1.165) is 12.8 Å². The predicted octanol–water partition coefficient (Wildman–Crippen LogP) is 2.09. The van der Waals surface area contributed by atoms with Crippen molar-refractivity contribution >= 4 is 27.8 Å². The molecule has 1 fully saturated rings. The molecule has 1 aromatic carbocycles. The molecule has 2 N–H and O–H groups in total. The first-order valence-electron chi connectivity index (χ1n) is 5.97. The number of phenolic OH excluding ortho intramolecular Hbond substituents is 1. The Balaban J connectivity index is 2.19. The molecule has 0 spiro atoms. The van der Waals surface area contributed by atoms with Gasteiger partial charge in [-0.15, -0.1) is 0 Å². The standard InChI is InChI=1S/C13H14BrNO4/c14-9-3-4-10(11(16)5-9)13(19)15(7-12(17)18)6-8-1-2-8/h3-5,8,16H,1-2,6-7H2,(H,17,18). The summed E-state index contributed by atoms with van der Waals surface area (Å²) in [5.41, 5.74) is 0.130. The number of halogens is 1. The number of carbonyl (C=O) groups is 2. The fraction of sp³-hybridized carbons (Fsp3) is 0.385. The molecule has 0 unspecified atom stereocenters. The molecule has 1 saturated carbocycles. The molecule has 1 aliphatic rings. The highest BCUT2D eigenvalue weighted by Crippen LogP contribution is 2.31. The molecular formula is C13H14BrNO4. The number of phenols is 1. The van der Waals surface area contributed by atoms with Crippen LogP contribution in [0.3, 0.4) is 0 Å². The van der Waals surface area contributed by atoms with Gasteiger partial charge in [-0.1, -0.05) is 15.9 Å². The summed E-state index contributed by atoms with van der Waals surface area (Å²) in [5.74, 6) is -1.25. The number of carbonyl (C=O) groups excluding carboxylic acids is 1. The van der Waals surface area contributed by atoms with E-state index in [1.54, 1.807) is 6.07 Å². The van der Waals surface area contributed by atoms with Crippen LogP contribution in [0.5, 0.6) is 5.75 Å². The number of hydrogen-bond acceptors (Lipinski definition) is 3. The minimum Gasteiger partial charge on any atom is -0.507 e. The number of nitrogens with zero attached hydrogens (tertiary/aromatic N) is 1. The topological polar surface area (TPSA) is 77.8 Å². The highest BCUT2D eigenvalue weighted by Gasteiger charge is 2.29. The van der Waals surface area contributed by atoms with E-state index in [9.17, 15) is 14.7 Å². The van der Waals surface area contributed by atoms with Gasteiger partial charge in [-0.3, -0.25) is 9.59 Å². The van der Waals surface area contributed by atoms with Crippen molar-refractivity contribution in [1.29, 1.82) is 0 Å². The summed E-state index contributed by atoms with van der Waals surface area (Å²) in [6.07, 6.45) is 2.05. The number of rotatable bonds is 5. The van der Waals surface area contributed by atoms with E-state index >= 15 is 0 Å². The number of amides is 1. The molecule has 0 aliphatic heterocycles. The minimum absolute atomic E-state index is 0.130. The summed E-state index contributed by atoms with van der Waals surface area (Å²) in [4.78, 5) is 24.4. The van der Waals surface area contributed by atoms with Crippen molar-refractivity contribution in [2.75, 3.05) is 13.1 Å². The summed E-state index contributed by atoms with van der Waals surface area (Å²) >= 11 is 3.19. The molecule has 1 aromatic rings. The molecule has 1 aliphatic carbocycles. The predicted molar refractivity (Wildman–Crippen MR) is 72.1 cm³/mol. The van der Waals surface area contributed by atoms with Crippen LogP contribution in [0.2, 0.25) is 0 Å². The van der Waals surface area contributed by atoms with Gasteiger partial charge in [0.05, 0.1) is 5.56 Å². The Hall–Kier alpha value is -1.56. The zero-order valence-corrected chi connectivity index (χ0v) is 11.8. The second-order valence-electron chi connectivity index (χ2n) is 4.68. The molecule has 0 saturated heterocycles. The lowest BCUT2D eigenvalue weighted by Crippen LogP contribution is -2.37. The van der Waals surface area contributed by atoms with Crippen LogP contribution >= 0.6 is 15.9 Å². The molecule has 0 radical (unpaired) electrons. The highest BCUT2D eigenvalue weighted by atomic mass is 79.9. The Morgan fingerprint density at radius 1 is 1.37 bits per heavy atom. The largest absolute Gasteiger partial charge is 0.507 e. The van der Waals surface area contributed by atoms with Crippen LogP contribution in [0, 0.1) is 5.92 Å². The maximum Gasteiger partial charge on any atom is 0.323 e. The molecule has 0 heterocycles. The SMILES string of the molecule is O=C(O)CN(CC1CC1)C(=O)c1ccc(Br)cc1O. The third-order valence-electron chi connectivity index (χ3n) is 2.98. The van der Waals surface area contributed by atoms with Gasteiger partial charge < -0.3 is 15.1 Å². The van der Waals surface area contributed by atoms with Crippen LogP contribution in [0.4, 0.5) is 0 Å². The quantitative estimate of drug-likeness (QED) is 0.868.